The van der Waals surface area contributed by atoms with Crippen LogP contribution >= 0.6 is 0 Å². The molecule has 1 unspecified atom stereocenters. The number of ether oxygens (including phenoxy) is 3. The first-order valence-electron chi connectivity index (χ1n) is 10.4. The van der Waals surface area contributed by atoms with E-state index >= 15 is 0 Å². The summed E-state index contributed by atoms with van der Waals surface area (Å²) in [4.78, 5) is 6.65. The molecule has 0 aromatic heterocycles. The molecular formula is C21H34F2N4O3. The van der Waals surface area contributed by atoms with Gasteiger partial charge in [0.25, 0.3) is 0 Å². The number of hydrogen-bond acceptors (Lipinski definition) is 5. The Labute approximate surface area is 177 Å². The maximum Gasteiger partial charge on any atom is 0.387 e. The minimum atomic E-state index is -2.90. The molecule has 7 nitrogen and oxygen atoms in total. The van der Waals surface area contributed by atoms with Crippen LogP contribution < -0.4 is 20.1 Å². The van der Waals surface area contributed by atoms with Crippen molar-refractivity contribution in [2.24, 2.45) is 4.99 Å². The summed E-state index contributed by atoms with van der Waals surface area (Å²) in [6.45, 7) is 3.36. The van der Waals surface area contributed by atoms with E-state index in [1.807, 2.05) is 6.92 Å². The number of nitrogens with one attached hydrogen (secondary N) is 2. The van der Waals surface area contributed by atoms with Gasteiger partial charge in [0, 0.05) is 51.5 Å². The van der Waals surface area contributed by atoms with Gasteiger partial charge >= 0.3 is 6.61 Å². The van der Waals surface area contributed by atoms with Crippen LogP contribution in [0.3, 0.4) is 0 Å². The third-order valence-corrected chi connectivity index (χ3v) is 4.98. The van der Waals surface area contributed by atoms with Gasteiger partial charge in [0.2, 0.25) is 0 Å². The largest absolute Gasteiger partial charge is 0.493 e. The molecule has 0 spiro atoms. The lowest BCUT2D eigenvalue weighted by molar-refractivity contribution is -0.0505. The lowest BCUT2D eigenvalue weighted by atomic mass is 10.2. The van der Waals surface area contributed by atoms with Crippen molar-refractivity contribution in [1.82, 2.24) is 15.5 Å². The zero-order valence-corrected chi connectivity index (χ0v) is 18.1. The lowest BCUT2D eigenvalue weighted by Gasteiger charge is -2.25. The number of methoxy groups -OCH3 is 1. The monoisotopic (exact) mass is 428 g/mol. The van der Waals surface area contributed by atoms with Gasteiger partial charge in [-0.2, -0.15) is 8.78 Å². The molecule has 9 heteroatoms. The highest BCUT2D eigenvalue weighted by molar-refractivity contribution is 5.79. The Kier molecular flexibility index (Phi) is 10.6. The number of alkyl halides is 2. The number of guanidine groups is 1. The molecule has 0 bridgehead atoms. The van der Waals surface area contributed by atoms with E-state index in [4.69, 9.17) is 14.2 Å². The summed E-state index contributed by atoms with van der Waals surface area (Å²) in [6, 6.07) is 5.41. The van der Waals surface area contributed by atoms with E-state index in [9.17, 15) is 8.78 Å². The fourth-order valence-corrected chi connectivity index (χ4v) is 3.44. The molecule has 0 radical (unpaired) electrons. The first kappa shape index (κ1) is 24.1. The molecule has 1 aliphatic rings. The van der Waals surface area contributed by atoms with Crippen LogP contribution in [0.1, 0.15) is 31.7 Å². The van der Waals surface area contributed by atoms with Gasteiger partial charge in [0.05, 0.1) is 13.2 Å². The summed E-state index contributed by atoms with van der Waals surface area (Å²) in [6.07, 6.45) is 3.13. The molecule has 1 atom stereocenters. The number of halogens is 2. The Morgan fingerprint density at radius 1 is 1.30 bits per heavy atom. The molecule has 1 aromatic rings. The average molecular weight is 429 g/mol. The number of hydrogen-bond donors (Lipinski definition) is 2. The van der Waals surface area contributed by atoms with Gasteiger partial charge in [-0.1, -0.05) is 6.92 Å². The fraction of sp³-hybridized carbons (Fsp3) is 0.667. The number of nitrogens with zero attached hydrogens (tertiary/aromatic N) is 2. The quantitative estimate of drug-likeness (QED) is 0.394. The second-order valence-electron chi connectivity index (χ2n) is 7.13. The predicted octanol–water partition coefficient (Wildman–Crippen LogP) is 2.85. The lowest BCUT2D eigenvalue weighted by Crippen LogP contribution is -2.45. The molecule has 1 saturated heterocycles. The normalized spacial score (nSPS) is 17.4. The van der Waals surface area contributed by atoms with Crippen molar-refractivity contribution >= 4 is 5.96 Å². The van der Waals surface area contributed by atoms with E-state index in [2.05, 4.69) is 20.5 Å². The SMILES string of the molecule is CCCOc1ccc(CNC(=NC)NCC2CCCN2CCOC)c(OC(F)F)c1. The molecule has 2 N–H and O–H groups in total. The highest BCUT2D eigenvalue weighted by Crippen LogP contribution is 2.26. The third kappa shape index (κ3) is 7.95. The van der Waals surface area contributed by atoms with E-state index in [0.29, 0.717) is 43.1 Å². The van der Waals surface area contributed by atoms with Crippen LogP contribution in [0.15, 0.2) is 23.2 Å². The summed E-state index contributed by atoms with van der Waals surface area (Å²) >= 11 is 0. The summed E-state index contributed by atoms with van der Waals surface area (Å²) < 4.78 is 41.1. The fourth-order valence-electron chi connectivity index (χ4n) is 3.44. The van der Waals surface area contributed by atoms with E-state index in [1.54, 1.807) is 26.3 Å². The van der Waals surface area contributed by atoms with Crippen LogP contribution in [0.25, 0.3) is 0 Å². The number of rotatable bonds is 12. The number of aliphatic imine (C=N–C) groups is 1. The zero-order valence-electron chi connectivity index (χ0n) is 18.1. The molecule has 2 rings (SSSR count). The topological polar surface area (TPSA) is 67.4 Å². The first-order valence-corrected chi connectivity index (χ1v) is 10.4. The Hall–Kier alpha value is -2.13. The van der Waals surface area contributed by atoms with Gasteiger partial charge in [0.1, 0.15) is 11.5 Å². The molecule has 0 saturated carbocycles. The van der Waals surface area contributed by atoms with Gasteiger partial charge in [-0.3, -0.25) is 9.89 Å². The second-order valence-corrected chi connectivity index (χ2v) is 7.13. The van der Waals surface area contributed by atoms with Crippen LogP contribution in [0.4, 0.5) is 8.78 Å². The van der Waals surface area contributed by atoms with Crippen molar-refractivity contribution in [3.05, 3.63) is 23.8 Å². The van der Waals surface area contributed by atoms with E-state index < -0.39 is 6.61 Å². The standard InChI is InChI=1S/C21H34F2N4O3/c1-4-11-29-18-8-7-16(19(13-18)30-20(22)23)14-25-21(24-2)26-15-17-6-5-9-27(17)10-12-28-3/h7-8,13,17,20H,4-6,9-12,14-15H2,1-3H3,(H2,24,25,26). The summed E-state index contributed by atoms with van der Waals surface area (Å²) in [5.41, 5.74) is 0.602. The molecule has 1 heterocycles. The van der Waals surface area contributed by atoms with Gasteiger partial charge in [-0.25, -0.2) is 0 Å². The van der Waals surface area contributed by atoms with Crippen molar-refractivity contribution in [2.45, 2.75) is 45.4 Å². The third-order valence-electron chi connectivity index (χ3n) is 4.98. The molecule has 1 fully saturated rings. The van der Waals surface area contributed by atoms with Crippen molar-refractivity contribution in [3.63, 3.8) is 0 Å². The van der Waals surface area contributed by atoms with Crippen LogP contribution in [-0.2, 0) is 11.3 Å². The van der Waals surface area contributed by atoms with Crippen molar-refractivity contribution in [3.8, 4) is 11.5 Å². The highest BCUT2D eigenvalue weighted by atomic mass is 19.3. The Bertz CT molecular complexity index is 661. The molecule has 0 amide bonds. The minimum Gasteiger partial charge on any atom is -0.493 e. The van der Waals surface area contributed by atoms with Gasteiger partial charge in [0.15, 0.2) is 5.96 Å². The van der Waals surface area contributed by atoms with Gasteiger partial charge < -0.3 is 24.8 Å². The summed E-state index contributed by atoms with van der Waals surface area (Å²) in [5.74, 6) is 1.22. The number of benzene rings is 1. The van der Waals surface area contributed by atoms with Gasteiger partial charge in [-0.05, 0) is 37.9 Å². The maximum atomic E-state index is 12.8. The predicted molar refractivity (Wildman–Crippen MR) is 114 cm³/mol. The maximum absolute atomic E-state index is 12.8. The van der Waals surface area contributed by atoms with Crippen LogP contribution in [-0.4, -0.2) is 70.5 Å². The van der Waals surface area contributed by atoms with Crippen molar-refractivity contribution in [1.29, 1.82) is 0 Å². The van der Waals surface area contributed by atoms with Crippen LogP contribution in [0.5, 0.6) is 11.5 Å². The highest BCUT2D eigenvalue weighted by Gasteiger charge is 2.24. The molecular weight excluding hydrogens is 394 g/mol. The van der Waals surface area contributed by atoms with E-state index in [-0.39, 0.29) is 5.75 Å². The Balaban J connectivity index is 1.91. The number of likely N-dealkylation sites (tertiary alicyclic amines) is 1. The van der Waals surface area contributed by atoms with E-state index in [1.165, 1.54) is 12.5 Å². The molecule has 170 valence electrons. The molecule has 30 heavy (non-hydrogen) atoms. The first-order chi connectivity index (χ1) is 14.6. The summed E-state index contributed by atoms with van der Waals surface area (Å²) in [5, 5.41) is 6.50. The van der Waals surface area contributed by atoms with Crippen LogP contribution in [0.2, 0.25) is 0 Å². The Morgan fingerprint density at radius 2 is 2.13 bits per heavy atom. The second kappa shape index (κ2) is 13.2. The zero-order chi connectivity index (χ0) is 21.8. The Morgan fingerprint density at radius 3 is 2.83 bits per heavy atom. The van der Waals surface area contributed by atoms with Crippen molar-refractivity contribution in [2.75, 3.05) is 47.0 Å². The average Bonchev–Trinajstić information content (AvgIpc) is 3.18. The molecule has 1 aromatic carbocycles. The molecule has 1 aliphatic heterocycles. The van der Waals surface area contributed by atoms with Crippen molar-refractivity contribution < 1.29 is 23.0 Å². The summed E-state index contributed by atoms with van der Waals surface area (Å²) in [7, 11) is 3.40. The molecule has 0 aliphatic carbocycles. The smallest absolute Gasteiger partial charge is 0.387 e. The van der Waals surface area contributed by atoms with E-state index in [0.717, 1.165) is 32.5 Å². The minimum absolute atomic E-state index is 0.100. The van der Waals surface area contributed by atoms with Crippen LogP contribution in [0, 0.1) is 0 Å². The van der Waals surface area contributed by atoms with Gasteiger partial charge in [-0.15, -0.1) is 0 Å².